The van der Waals surface area contributed by atoms with Crippen LogP contribution in [-0.2, 0) is 20.0 Å². The summed E-state index contributed by atoms with van der Waals surface area (Å²) in [6.07, 6.45) is 10.4. The third-order valence-corrected chi connectivity index (χ3v) is 18.4. The lowest BCUT2D eigenvalue weighted by atomic mass is 10.1. The summed E-state index contributed by atoms with van der Waals surface area (Å²) in [4.78, 5) is 14.0. The largest absolute Gasteiger partial charge is 0.414 e. The van der Waals surface area contributed by atoms with Crippen LogP contribution >= 0.6 is 0 Å². The summed E-state index contributed by atoms with van der Waals surface area (Å²) in [6, 6.07) is 0. The van der Waals surface area contributed by atoms with Crippen molar-refractivity contribution in [1.29, 1.82) is 0 Å². The SMILES string of the molecule is CCCCCCCCc1nc(N)nc2c1ncn2[C@H]1C[C@H](O[Si](C)(C)C(C)(C)C)[C@@H](CO[Si](C)(C)C(C)(C)C)O1. The van der Waals surface area contributed by atoms with Gasteiger partial charge in [0.2, 0.25) is 5.95 Å². The van der Waals surface area contributed by atoms with E-state index in [0.29, 0.717) is 12.6 Å². The number of aromatic nitrogens is 4. The molecule has 1 aliphatic heterocycles. The van der Waals surface area contributed by atoms with Crippen molar-refractivity contribution in [2.24, 2.45) is 0 Å². The number of anilines is 1. The number of aryl methyl sites for hydroxylation is 1. The molecule has 0 aromatic carbocycles. The fourth-order valence-corrected chi connectivity index (χ4v) is 7.03. The Morgan fingerprint density at radius 1 is 0.950 bits per heavy atom. The van der Waals surface area contributed by atoms with E-state index in [-0.39, 0.29) is 28.5 Å². The number of ether oxygens (including phenoxy) is 1. The Balaban J connectivity index is 1.83. The van der Waals surface area contributed by atoms with Gasteiger partial charge in [-0.05, 0) is 49.1 Å². The smallest absolute Gasteiger partial charge is 0.222 e. The van der Waals surface area contributed by atoms with Crippen LogP contribution in [0.1, 0.15) is 105 Å². The lowest BCUT2D eigenvalue weighted by Crippen LogP contribution is -2.48. The highest BCUT2D eigenvalue weighted by Crippen LogP contribution is 2.43. The van der Waals surface area contributed by atoms with Gasteiger partial charge < -0.3 is 19.3 Å². The van der Waals surface area contributed by atoms with Crippen molar-refractivity contribution in [1.82, 2.24) is 19.5 Å². The molecular weight excluding hydrogens is 535 g/mol. The molecule has 0 bridgehead atoms. The lowest BCUT2D eigenvalue weighted by molar-refractivity contribution is -0.0383. The highest BCUT2D eigenvalue weighted by molar-refractivity contribution is 6.74. The van der Waals surface area contributed by atoms with Gasteiger partial charge in [0.1, 0.15) is 17.8 Å². The number of nitrogen functional groups attached to an aromatic ring is 1. The fourth-order valence-electron chi connectivity index (χ4n) is 4.66. The molecule has 2 aromatic rings. The molecule has 0 saturated carbocycles. The highest BCUT2D eigenvalue weighted by atomic mass is 28.4. The summed E-state index contributed by atoms with van der Waals surface area (Å²) >= 11 is 0. The number of nitrogens with zero attached hydrogens (tertiary/aromatic N) is 4. The predicted molar refractivity (Wildman–Crippen MR) is 171 cm³/mol. The van der Waals surface area contributed by atoms with E-state index in [2.05, 4.69) is 84.6 Å². The van der Waals surface area contributed by atoms with E-state index in [1.807, 2.05) is 10.9 Å². The molecule has 8 nitrogen and oxygen atoms in total. The molecule has 0 amide bonds. The van der Waals surface area contributed by atoms with Gasteiger partial charge >= 0.3 is 0 Å². The molecule has 2 N–H and O–H groups in total. The van der Waals surface area contributed by atoms with Gasteiger partial charge in [-0.1, -0.05) is 80.6 Å². The molecule has 0 aliphatic carbocycles. The lowest BCUT2D eigenvalue weighted by Gasteiger charge is -2.40. The van der Waals surface area contributed by atoms with Crippen molar-refractivity contribution >= 4 is 33.7 Å². The molecule has 228 valence electrons. The van der Waals surface area contributed by atoms with Crippen molar-refractivity contribution in [3.05, 3.63) is 12.0 Å². The van der Waals surface area contributed by atoms with Crippen LogP contribution in [0.4, 0.5) is 5.95 Å². The molecule has 3 rings (SSSR count). The number of fused-ring (bicyclic) bond motifs is 1. The van der Waals surface area contributed by atoms with E-state index in [9.17, 15) is 0 Å². The summed E-state index contributed by atoms with van der Waals surface area (Å²) < 4.78 is 22.4. The Labute approximate surface area is 245 Å². The van der Waals surface area contributed by atoms with Gasteiger partial charge in [0.15, 0.2) is 22.3 Å². The van der Waals surface area contributed by atoms with Crippen molar-refractivity contribution in [3.8, 4) is 0 Å². The normalized spacial score (nSPS) is 21.0. The van der Waals surface area contributed by atoms with Gasteiger partial charge in [-0.3, -0.25) is 4.57 Å². The Hall–Kier alpha value is -1.34. The van der Waals surface area contributed by atoms with Crippen LogP contribution in [0, 0.1) is 0 Å². The van der Waals surface area contributed by atoms with E-state index in [4.69, 9.17) is 24.3 Å². The average molecular weight is 592 g/mol. The minimum absolute atomic E-state index is 0.0603. The second-order valence-corrected chi connectivity index (χ2v) is 24.3. The van der Waals surface area contributed by atoms with E-state index >= 15 is 0 Å². The Morgan fingerprint density at radius 3 is 2.20 bits per heavy atom. The minimum Gasteiger partial charge on any atom is -0.414 e. The predicted octanol–water partition coefficient (Wildman–Crippen LogP) is 8.01. The van der Waals surface area contributed by atoms with Crippen molar-refractivity contribution in [3.63, 3.8) is 0 Å². The van der Waals surface area contributed by atoms with Crippen LogP contribution in [0.2, 0.25) is 36.3 Å². The standard InChI is InChI=1S/C30H57N5O3Si2/c1-12-13-14-15-16-17-18-22-26-27(34-28(31)33-22)35(21-32-26)25-19-23(38-40(10,11)30(5,6)7)24(37-25)20-36-39(8,9)29(2,3)4/h21,23-25H,12-20H2,1-11H3,(H2,31,33,34)/t23-,24+,25+/m0/s1. The zero-order valence-corrected chi connectivity index (χ0v) is 29.3. The van der Waals surface area contributed by atoms with Gasteiger partial charge in [0, 0.05) is 6.42 Å². The molecule has 3 atom stereocenters. The third-order valence-electron chi connectivity index (χ3n) is 9.44. The van der Waals surface area contributed by atoms with Gasteiger partial charge in [-0.2, -0.15) is 4.98 Å². The molecule has 1 saturated heterocycles. The van der Waals surface area contributed by atoms with Gasteiger partial charge in [-0.15, -0.1) is 0 Å². The third kappa shape index (κ3) is 7.93. The Bertz CT molecular complexity index is 1110. The zero-order valence-electron chi connectivity index (χ0n) is 27.3. The molecule has 1 aliphatic rings. The second-order valence-electron chi connectivity index (χ2n) is 14.7. The molecule has 1 fully saturated rings. The first-order chi connectivity index (χ1) is 18.5. The summed E-state index contributed by atoms with van der Waals surface area (Å²) in [5.41, 5.74) is 8.71. The molecule has 2 aromatic heterocycles. The van der Waals surface area contributed by atoms with Crippen LogP contribution in [0.5, 0.6) is 0 Å². The first-order valence-electron chi connectivity index (χ1n) is 15.4. The Morgan fingerprint density at radius 2 is 1.57 bits per heavy atom. The summed E-state index contributed by atoms with van der Waals surface area (Å²) in [6.45, 7) is 25.6. The molecule has 40 heavy (non-hydrogen) atoms. The number of hydrogen-bond acceptors (Lipinski definition) is 7. The summed E-state index contributed by atoms with van der Waals surface area (Å²) in [5, 5.41) is 0.229. The molecule has 0 radical (unpaired) electrons. The number of rotatable bonds is 13. The molecule has 3 heterocycles. The fraction of sp³-hybridized carbons (Fsp3) is 0.833. The molecule has 10 heteroatoms. The van der Waals surface area contributed by atoms with Crippen LogP contribution in [0.25, 0.3) is 11.2 Å². The van der Waals surface area contributed by atoms with E-state index in [1.54, 1.807) is 0 Å². The first kappa shape index (κ1) is 33.2. The maximum Gasteiger partial charge on any atom is 0.222 e. The van der Waals surface area contributed by atoms with Gasteiger partial charge in [0.05, 0.1) is 24.7 Å². The van der Waals surface area contributed by atoms with E-state index < -0.39 is 16.6 Å². The summed E-state index contributed by atoms with van der Waals surface area (Å²) in [5.74, 6) is 0.292. The number of imidazole rings is 1. The van der Waals surface area contributed by atoms with Crippen LogP contribution in [0.3, 0.4) is 0 Å². The maximum absolute atomic E-state index is 6.97. The second kappa shape index (κ2) is 12.9. The van der Waals surface area contributed by atoms with Crippen molar-refractivity contribution in [2.45, 2.75) is 155 Å². The zero-order chi connectivity index (χ0) is 29.9. The first-order valence-corrected chi connectivity index (χ1v) is 21.2. The molecule has 0 unspecified atom stereocenters. The number of hydrogen-bond donors (Lipinski definition) is 1. The van der Waals surface area contributed by atoms with E-state index in [1.165, 1.54) is 32.1 Å². The number of nitrogens with two attached hydrogens (primary N) is 1. The monoisotopic (exact) mass is 591 g/mol. The quantitative estimate of drug-likeness (QED) is 0.186. The van der Waals surface area contributed by atoms with E-state index in [0.717, 1.165) is 36.1 Å². The van der Waals surface area contributed by atoms with Crippen molar-refractivity contribution < 1.29 is 13.6 Å². The minimum atomic E-state index is -2.03. The van der Waals surface area contributed by atoms with Gasteiger partial charge in [0.25, 0.3) is 0 Å². The van der Waals surface area contributed by atoms with Crippen LogP contribution < -0.4 is 5.73 Å². The van der Waals surface area contributed by atoms with Crippen molar-refractivity contribution in [2.75, 3.05) is 12.3 Å². The molecular formula is C30H57N5O3Si2. The Kier molecular flexibility index (Phi) is 10.7. The molecule has 0 spiro atoms. The maximum atomic E-state index is 6.97. The highest BCUT2D eigenvalue weighted by Gasteiger charge is 2.47. The summed E-state index contributed by atoms with van der Waals surface area (Å²) in [7, 11) is -3.98. The number of unbranched alkanes of at least 4 members (excludes halogenated alkanes) is 5. The van der Waals surface area contributed by atoms with Gasteiger partial charge in [-0.25, -0.2) is 9.97 Å². The topological polar surface area (TPSA) is 97.3 Å². The van der Waals surface area contributed by atoms with Crippen LogP contribution in [0.15, 0.2) is 6.33 Å². The van der Waals surface area contributed by atoms with Crippen LogP contribution in [-0.4, -0.2) is 55.0 Å². The average Bonchev–Trinajstić information content (AvgIpc) is 3.42.